The van der Waals surface area contributed by atoms with Crippen LogP contribution in [-0.4, -0.2) is 26.7 Å². The Morgan fingerprint density at radius 2 is 1.82 bits per heavy atom. The lowest BCUT2D eigenvalue weighted by Crippen LogP contribution is -2.08. The molecule has 0 unspecified atom stereocenters. The number of nitrogens with zero attached hydrogens (tertiary/aromatic N) is 4. The quantitative estimate of drug-likeness (QED) is 0.428. The van der Waals surface area contributed by atoms with Crippen molar-refractivity contribution >= 4 is 39.3 Å². The molecule has 0 atom stereocenters. The maximum atomic E-state index is 6.48. The van der Waals surface area contributed by atoms with Crippen LogP contribution in [0.3, 0.4) is 0 Å². The molecule has 8 heteroatoms. The number of thioether (sulfide) groups is 1. The van der Waals surface area contributed by atoms with Crippen molar-refractivity contribution in [1.82, 2.24) is 19.6 Å². The summed E-state index contributed by atoms with van der Waals surface area (Å²) in [6.45, 7) is 0.339. The molecular formula is C20H18BrN5OS. The molecule has 2 heterocycles. The smallest absolute Gasteiger partial charge is 0.255 e. The van der Waals surface area contributed by atoms with E-state index in [4.69, 9.17) is 10.5 Å². The van der Waals surface area contributed by atoms with Gasteiger partial charge in [0.1, 0.15) is 5.82 Å². The van der Waals surface area contributed by atoms with Crippen molar-refractivity contribution in [3.63, 3.8) is 0 Å². The molecule has 2 N–H and O–H groups in total. The molecule has 4 aromatic rings. The minimum absolute atomic E-state index is 0.339. The van der Waals surface area contributed by atoms with Gasteiger partial charge in [-0.05, 0) is 23.3 Å². The lowest BCUT2D eigenvalue weighted by Gasteiger charge is -2.12. The van der Waals surface area contributed by atoms with E-state index in [2.05, 4.69) is 43.1 Å². The van der Waals surface area contributed by atoms with Crippen molar-refractivity contribution in [3.8, 4) is 11.1 Å². The molecule has 0 aliphatic heterocycles. The van der Waals surface area contributed by atoms with Gasteiger partial charge in [-0.15, -0.1) is 5.10 Å². The highest BCUT2D eigenvalue weighted by molar-refractivity contribution is 9.10. The predicted molar refractivity (Wildman–Crippen MR) is 115 cm³/mol. The van der Waals surface area contributed by atoms with Gasteiger partial charge in [-0.3, -0.25) is 0 Å². The zero-order valence-electron chi connectivity index (χ0n) is 15.2. The Morgan fingerprint density at radius 3 is 2.54 bits per heavy atom. The first kappa shape index (κ1) is 18.9. The summed E-state index contributed by atoms with van der Waals surface area (Å²) < 4.78 is 7.94. The highest BCUT2D eigenvalue weighted by Crippen LogP contribution is 2.31. The van der Waals surface area contributed by atoms with Crippen LogP contribution in [0.15, 0.2) is 64.2 Å². The summed E-state index contributed by atoms with van der Waals surface area (Å²) in [6.07, 6.45) is 0. The van der Waals surface area contributed by atoms with Crippen LogP contribution in [0.1, 0.15) is 11.3 Å². The van der Waals surface area contributed by atoms with Gasteiger partial charge in [0.05, 0.1) is 12.3 Å². The molecule has 2 aromatic carbocycles. The van der Waals surface area contributed by atoms with Crippen molar-refractivity contribution in [3.05, 3.63) is 70.3 Å². The van der Waals surface area contributed by atoms with Gasteiger partial charge in [0.25, 0.3) is 5.78 Å². The molecule has 0 bridgehead atoms. The summed E-state index contributed by atoms with van der Waals surface area (Å²) in [7, 11) is 1.64. The number of hydrogen-bond acceptors (Lipinski definition) is 6. The summed E-state index contributed by atoms with van der Waals surface area (Å²) in [5.41, 5.74) is 10.2. The van der Waals surface area contributed by atoms with Crippen molar-refractivity contribution in [2.45, 2.75) is 17.5 Å². The van der Waals surface area contributed by atoms with Crippen LogP contribution >= 0.6 is 27.7 Å². The number of rotatable bonds is 6. The maximum absolute atomic E-state index is 6.48. The van der Waals surface area contributed by atoms with Gasteiger partial charge < -0.3 is 10.5 Å². The maximum Gasteiger partial charge on any atom is 0.255 e. The number of aromatic nitrogens is 4. The summed E-state index contributed by atoms with van der Waals surface area (Å²) in [6, 6.07) is 18.1. The van der Waals surface area contributed by atoms with E-state index in [0.29, 0.717) is 23.4 Å². The number of benzene rings is 2. The van der Waals surface area contributed by atoms with Gasteiger partial charge in [-0.2, -0.15) is 9.50 Å². The molecule has 6 nitrogen and oxygen atoms in total. The SMILES string of the molecule is COCc1nc2nc(SCc3ccccc3)nn2c(N)c1-c1ccc(Br)cc1. The first-order valence-corrected chi connectivity index (χ1v) is 10.4. The number of methoxy groups -OCH3 is 1. The van der Waals surface area contributed by atoms with Gasteiger partial charge in [-0.25, -0.2) is 4.98 Å². The molecule has 142 valence electrons. The normalized spacial score (nSPS) is 11.2. The molecule has 0 saturated carbocycles. The molecule has 0 fully saturated rings. The van der Waals surface area contributed by atoms with Crippen molar-refractivity contribution in [2.24, 2.45) is 0 Å². The van der Waals surface area contributed by atoms with E-state index < -0.39 is 0 Å². The predicted octanol–water partition coefficient (Wildman–Crippen LogP) is 4.57. The number of nitrogens with two attached hydrogens (primary N) is 1. The number of nitrogen functional groups attached to an aromatic ring is 1. The zero-order valence-corrected chi connectivity index (χ0v) is 17.6. The number of anilines is 1. The monoisotopic (exact) mass is 455 g/mol. The Kier molecular flexibility index (Phi) is 5.61. The van der Waals surface area contributed by atoms with Crippen LogP contribution in [-0.2, 0) is 17.1 Å². The van der Waals surface area contributed by atoms with Crippen molar-refractivity contribution in [2.75, 3.05) is 12.8 Å². The first-order valence-electron chi connectivity index (χ1n) is 8.62. The fourth-order valence-electron chi connectivity index (χ4n) is 2.91. The number of hydrogen-bond donors (Lipinski definition) is 1. The summed E-state index contributed by atoms with van der Waals surface area (Å²) >= 11 is 5.02. The fourth-order valence-corrected chi connectivity index (χ4v) is 3.94. The topological polar surface area (TPSA) is 78.3 Å². The van der Waals surface area contributed by atoms with Gasteiger partial charge in [-0.1, -0.05) is 70.2 Å². The third-order valence-electron chi connectivity index (χ3n) is 4.20. The molecular weight excluding hydrogens is 438 g/mol. The molecule has 28 heavy (non-hydrogen) atoms. The highest BCUT2D eigenvalue weighted by Gasteiger charge is 2.18. The van der Waals surface area contributed by atoms with Crippen LogP contribution in [0.4, 0.5) is 5.82 Å². The van der Waals surface area contributed by atoms with Crippen LogP contribution < -0.4 is 5.73 Å². The number of fused-ring (bicyclic) bond motifs is 1. The Bertz CT molecular complexity index is 1100. The van der Waals surface area contributed by atoms with Gasteiger partial charge >= 0.3 is 0 Å². The minimum atomic E-state index is 0.339. The standard InChI is InChI=1S/C20H18BrN5OS/c1-27-11-16-17(14-7-9-15(21)10-8-14)18(22)26-19(23-16)24-20(25-26)28-12-13-5-3-2-4-6-13/h2-10H,11-12,22H2,1H3. The average Bonchev–Trinajstić information content (AvgIpc) is 3.12. The lowest BCUT2D eigenvalue weighted by atomic mass is 10.0. The van der Waals surface area contributed by atoms with E-state index in [0.717, 1.165) is 27.0 Å². The average molecular weight is 456 g/mol. The molecule has 0 amide bonds. The molecule has 0 spiro atoms. The summed E-state index contributed by atoms with van der Waals surface area (Å²) in [4.78, 5) is 9.20. The van der Waals surface area contributed by atoms with Crippen LogP contribution in [0, 0.1) is 0 Å². The van der Waals surface area contributed by atoms with E-state index in [1.807, 2.05) is 42.5 Å². The molecule has 0 aliphatic carbocycles. The second-order valence-electron chi connectivity index (χ2n) is 6.14. The van der Waals surface area contributed by atoms with Crippen LogP contribution in [0.25, 0.3) is 16.9 Å². The van der Waals surface area contributed by atoms with Crippen molar-refractivity contribution in [1.29, 1.82) is 0 Å². The fraction of sp³-hybridized carbons (Fsp3) is 0.150. The number of halogens is 1. The summed E-state index contributed by atoms with van der Waals surface area (Å²) in [5, 5.41) is 5.20. The Hall–Kier alpha value is -2.42. The molecule has 0 saturated heterocycles. The first-order chi connectivity index (χ1) is 13.7. The molecule has 2 aromatic heterocycles. The van der Waals surface area contributed by atoms with Gasteiger partial charge in [0, 0.05) is 22.9 Å². The lowest BCUT2D eigenvalue weighted by molar-refractivity contribution is 0.182. The minimum Gasteiger partial charge on any atom is -0.383 e. The highest BCUT2D eigenvalue weighted by atomic mass is 79.9. The Morgan fingerprint density at radius 1 is 1.07 bits per heavy atom. The van der Waals surface area contributed by atoms with Gasteiger partial charge in [0.15, 0.2) is 0 Å². The van der Waals surface area contributed by atoms with Crippen LogP contribution in [0.5, 0.6) is 0 Å². The van der Waals surface area contributed by atoms with E-state index in [9.17, 15) is 0 Å². The molecule has 4 rings (SSSR count). The third-order valence-corrected chi connectivity index (χ3v) is 5.64. The van der Waals surface area contributed by atoms with E-state index in [1.165, 1.54) is 5.56 Å². The van der Waals surface area contributed by atoms with Crippen LogP contribution in [0.2, 0.25) is 0 Å². The largest absolute Gasteiger partial charge is 0.383 e. The molecule has 0 radical (unpaired) electrons. The third kappa shape index (κ3) is 3.89. The Labute approximate surface area is 175 Å². The second-order valence-corrected chi connectivity index (χ2v) is 8.00. The summed E-state index contributed by atoms with van der Waals surface area (Å²) in [5.74, 6) is 1.75. The van der Waals surface area contributed by atoms with Crippen molar-refractivity contribution < 1.29 is 4.74 Å². The Balaban J connectivity index is 1.73. The second kappa shape index (κ2) is 8.30. The number of ether oxygens (including phenoxy) is 1. The molecule has 0 aliphatic rings. The van der Waals surface area contributed by atoms with Gasteiger partial charge in [0.2, 0.25) is 5.16 Å². The van der Waals surface area contributed by atoms with E-state index >= 15 is 0 Å². The van der Waals surface area contributed by atoms with E-state index in [-0.39, 0.29) is 0 Å². The zero-order chi connectivity index (χ0) is 19.5. The van der Waals surface area contributed by atoms with E-state index in [1.54, 1.807) is 23.4 Å².